The molecule has 1 amide bonds. The van der Waals surface area contributed by atoms with Crippen molar-refractivity contribution in [3.8, 4) is 0 Å². The highest BCUT2D eigenvalue weighted by Crippen LogP contribution is 2.01. The number of hydrogen-bond donors (Lipinski definition) is 2. The van der Waals surface area contributed by atoms with Crippen molar-refractivity contribution in [1.29, 1.82) is 0 Å². The molecule has 0 aliphatic carbocycles. The fraction of sp³-hybridized carbons (Fsp3) is 0.545. The van der Waals surface area contributed by atoms with Gasteiger partial charge in [0.15, 0.2) is 0 Å². The van der Waals surface area contributed by atoms with Gasteiger partial charge >= 0.3 is 0 Å². The van der Waals surface area contributed by atoms with E-state index in [-0.39, 0.29) is 11.9 Å². The van der Waals surface area contributed by atoms with Crippen LogP contribution in [0.15, 0.2) is 23.0 Å². The summed E-state index contributed by atoms with van der Waals surface area (Å²) in [5, 5.41) is 6.08. The molecule has 1 unspecified atom stereocenters. The Morgan fingerprint density at radius 3 is 3.25 bits per heavy atom. The quantitative estimate of drug-likeness (QED) is 0.770. The Morgan fingerprint density at radius 2 is 2.56 bits per heavy atom. The Labute approximate surface area is 94.1 Å². The van der Waals surface area contributed by atoms with Crippen molar-refractivity contribution in [2.45, 2.75) is 19.0 Å². The Hall–Kier alpha value is -1.33. The molecule has 2 rings (SSSR count). The normalized spacial score (nSPS) is 20.6. The molecule has 0 radical (unpaired) electrons. The zero-order valence-electron chi connectivity index (χ0n) is 9.07. The molecule has 0 bridgehead atoms. The van der Waals surface area contributed by atoms with Crippen molar-refractivity contribution in [1.82, 2.24) is 10.6 Å². The lowest BCUT2D eigenvalue weighted by Gasteiger charge is -2.23. The summed E-state index contributed by atoms with van der Waals surface area (Å²) in [4.78, 5) is 11.6. The monoisotopic (exact) mass is 224 g/mol. The summed E-state index contributed by atoms with van der Waals surface area (Å²) in [6.07, 6.45) is 3.68. The average Bonchev–Trinajstić information content (AvgIpc) is 2.81. The van der Waals surface area contributed by atoms with Crippen molar-refractivity contribution in [3.63, 3.8) is 0 Å². The smallest absolute Gasteiger partial charge is 0.221 e. The first kappa shape index (κ1) is 11.2. The van der Waals surface area contributed by atoms with E-state index in [1.54, 1.807) is 12.5 Å². The number of morpholine rings is 1. The molecule has 1 aliphatic heterocycles. The van der Waals surface area contributed by atoms with E-state index >= 15 is 0 Å². The van der Waals surface area contributed by atoms with Crippen LogP contribution in [0.3, 0.4) is 0 Å². The highest BCUT2D eigenvalue weighted by Gasteiger charge is 2.16. The van der Waals surface area contributed by atoms with E-state index in [1.165, 1.54) is 0 Å². The molecule has 1 aliphatic rings. The Bertz CT molecular complexity index is 318. The lowest BCUT2D eigenvalue weighted by atomic mass is 10.2. The zero-order chi connectivity index (χ0) is 11.2. The first-order chi connectivity index (χ1) is 7.84. The maximum Gasteiger partial charge on any atom is 0.221 e. The zero-order valence-corrected chi connectivity index (χ0v) is 9.07. The van der Waals surface area contributed by atoms with E-state index in [0.717, 1.165) is 18.7 Å². The summed E-state index contributed by atoms with van der Waals surface area (Å²) in [5.74, 6) is 0.0317. The van der Waals surface area contributed by atoms with Crippen LogP contribution in [-0.4, -0.2) is 31.7 Å². The number of carbonyl (C=O) groups is 1. The first-order valence-corrected chi connectivity index (χ1v) is 5.43. The minimum Gasteiger partial charge on any atom is -0.472 e. The number of ether oxygens (including phenoxy) is 1. The molecule has 5 heteroatoms. The van der Waals surface area contributed by atoms with Crippen LogP contribution in [0.4, 0.5) is 0 Å². The molecule has 0 aromatic carbocycles. The van der Waals surface area contributed by atoms with Crippen molar-refractivity contribution >= 4 is 5.91 Å². The molecule has 1 aromatic rings. The molecule has 1 atom stereocenters. The molecule has 1 aromatic heterocycles. The van der Waals surface area contributed by atoms with Gasteiger partial charge in [-0.05, 0) is 6.07 Å². The molecular weight excluding hydrogens is 208 g/mol. The number of hydrogen-bond acceptors (Lipinski definition) is 4. The van der Waals surface area contributed by atoms with Crippen LogP contribution < -0.4 is 10.6 Å². The van der Waals surface area contributed by atoms with E-state index in [9.17, 15) is 4.79 Å². The minimum atomic E-state index is 0.0317. The lowest BCUT2D eigenvalue weighted by Crippen LogP contribution is -2.44. The predicted molar refractivity (Wildman–Crippen MR) is 57.8 cm³/mol. The van der Waals surface area contributed by atoms with E-state index < -0.39 is 0 Å². The summed E-state index contributed by atoms with van der Waals surface area (Å²) in [7, 11) is 0. The molecule has 0 spiro atoms. The molecule has 5 nitrogen and oxygen atoms in total. The fourth-order valence-corrected chi connectivity index (χ4v) is 1.64. The van der Waals surface area contributed by atoms with Crippen LogP contribution in [0.2, 0.25) is 0 Å². The van der Waals surface area contributed by atoms with Gasteiger partial charge in [0, 0.05) is 31.1 Å². The molecule has 1 fully saturated rings. The van der Waals surface area contributed by atoms with Gasteiger partial charge in [0.2, 0.25) is 5.91 Å². The van der Waals surface area contributed by atoms with Crippen molar-refractivity contribution in [3.05, 3.63) is 24.2 Å². The SMILES string of the molecule is O=C(CC1COCCN1)NCc1ccoc1. The van der Waals surface area contributed by atoms with Crippen molar-refractivity contribution < 1.29 is 13.9 Å². The molecule has 16 heavy (non-hydrogen) atoms. The number of carbonyl (C=O) groups excluding carboxylic acids is 1. The molecule has 0 saturated carbocycles. The van der Waals surface area contributed by atoms with Gasteiger partial charge < -0.3 is 19.8 Å². The van der Waals surface area contributed by atoms with Gasteiger partial charge in [-0.3, -0.25) is 4.79 Å². The second kappa shape index (κ2) is 5.67. The molecule has 88 valence electrons. The van der Waals surface area contributed by atoms with E-state index in [1.807, 2.05) is 6.07 Å². The lowest BCUT2D eigenvalue weighted by molar-refractivity contribution is -0.122. The van der Waals surface area contributed by atoms with Gasteiger partial charge in [-0.2, -0.15) is 0 Å². The number of amides is 1. The largest absolute Gasteiger partial charge is 0.472 e. The third kappa shape index (κ3) is 3.36. The highest BCUT2D eigenvalue weighted by atomic mass is 16.5. The number of nitrogens with one attached hydrogen (secondary N) is 2. The van der Waals surface area contributed by atoms with E-state index in [4.69, 9.17) is 9.15 Å². The van der Waals surface area contributed by atoms with E-state index in [0.29, 0.717) is 19.6 Å². The predicted octanol–water partition coefficient (Wildman–Crippen LogP) is 0.274. The highest BCUT2D eigenvalue weighted by molar-refractivity contribution is 5.76. The summed E-state index contributed by atoms with van der Waals surface area (Å²) in [5.41, 5.74) is 0.973. The molecule has 1 saturated heterocycles. The van der Waals surface area contributed by atoms with Gasteiger partial charge in [0.05, 0.1) is 25.7 Å². The van der Waals surface area contributed by atoms with Crippen molar-refractivity contribution in [2.24, 2.45) is 0 Å². The standard InChI is InChI=1S/C11H16N2O3/c14-11(5-10-8-16-4-2-12-10)13-6-9-1-3-15-7-9/h1,3,7,10,12H,2,4-6,8H2,(H,13,14). The maximum atomic E-state index is 11.6. The maximum absolute atomic E-state index is 11.6. The minimum absolute atomic E-state index is 0.0317. The van der Waals surface area contributed by atoms with E-state index in [2.05, 4.69) is 10.6 Å². The van der Waals surface area contributed by atoms with Gasteiger partial charge in [-0.25, -0.2) is 0 Å². The third-order valence-electron chi connectivity index (χ3n) is 2.50. The summed E-state index contributed by atoms with van der Waals surface area (Å²) in [6, 6.07) is 1.97. The Balaban J connectivity index is 1.67. The van der Waals surface area contributed by atoms with Crippen LogP contribution in [0.25, 0.3) is 0 Å². The second-order valence-corrected chi connectivity index (χ2v) is 3.84. The van der Waals surface area contributed by atoms with Crippen molar-refractivity contribution in [2.75, 3.05) is 19.8 Å². The topological polar surface area (TPSA) is 63.5 Å². The average molecular weight is 224 g/mol. The van der Waals surface area contributed by atoms with Crippen LogP contribution in [0.5, 0.6) is 0 Å². The molecule has 2 N–H and O–H groups in total. The van der Waals surface area contributed by atoms with Crippen LogP contribution in [0, 0.1) is 0 Å². The number of rotatable bonds is 4. The fourth-order valence-electron chi connectivity index (χ4n) is 1.64. The summed E-state index contributed by atoms with van der Waals surface area (Å²) in [6.45, 7) is 2.68. The summed E-state index contributed by atoms with van der Waals surface area (Å²) >= 11 is 0. The van der Waals surface area contributed by atoms with Crippen LogP contribution in [0.1, 0.15) is 12.0 Å². The number of furan rings is 1. The van der Waals surface area contributed by atoms with Crippen LogP contribution >= 0.6 is 0 Å². The molecular formula is C11H16N2O3. The Kier molecular flexibility index (Phi) is 3.96. The molecule has 2 heterocycles. The van der Waals surface area contributed by atoms with Gasteiger partial charge in [-0.1, -0.05) is 0 Å². The van der Waals surface area contributed by atoms with Gasteiger partial charge in [0.25, 0.3) is 0 Å². The Morgan fingerprint density at radius 1 is 1.62 bits per heavy atom. The summed E-state index contributed by atoms with van der Waals surface area (Å²) < 4.78 is 10.2. The van der Waals surface area contributed by atoms with Gasteiger partial charge in [-0.15, -0.1) is 0 Å². The van der Waals surface area contributed by atoms with Crippen LogP contribution in [-0.2, 0) is 16.1 Å². The van der Waals surface area contributed by atoms with Gasteiger partial charge in [0.1, 0.15) is 0 Å². The first-order valence-electron chi connectivity index (χ1n) is 5.43. The third-order valence-corrected chi connectivity index (χ3v) is 2.50. The second-order valence-electron chi connectivity index (χ2n) is 3.84.